The summed E-state index contributed by atoms with van der Waals surface area (Å²) in [5.74, 6) is -0.223. The van der Waals surface area contributed by atoms with Crippen LogP contribution in [0.4, 0.5) is 0 Å². The molecule has 1 aliphatic heterocycles. The molecule has 1 aromatic carbocycles. The number of carbonyl (C=O) groups is 3. The molecule has 1 saturated heterocycles. The second kappa shape index (κ2) is 8.28. The van der Waals surface area contributed by atoms with Gasteiger partial charge in [0.25, 0.3) is 0 Å². The van der Waals surface area contributed by atoms with Crippen LogP contribution in [0, 0.1) is 0 Å². The Morgan fingerprint density at radius 3 is 2.32 bits per heavy atom. The average Bonchev–Trinajstić information content (AvgIpc) is 3.25. The fourth-order valence-corrected chi connectivity index (χ4v) is 3.84. The molecule has 5 heteroatoms. The van der Waals surface area contributed by atoms with Gasteiger partial charge in [0, 0.05) is 38.4 Å². The average molecular weight is 342 g/mol. The first-order valence-corrected chi connectivity index (χ1v) is 9.32. The molecule has 2 aliphatic rings. The van der Waals surface area contributed by atoms with Crippen molar-refractivity contribution in [2.24, 2.45) is 0 Å². The first kappa shape index (κ1) is 17.6. The zero-order valence-corrected chi connectivity index (χ0v) is 14.7. The van der Waals surface area contributed by atoms with Gasteiger partial charge in [0.2, 0.25) is 17.7 Å². The van der Waals surface area contributed by atoms with Gasteiger partial charge in [-0.05, 0) is 24.8 Å². The lowest BCUT2D eigenvalue weighted by Crippen LogP contribution is -2.42. The van der Waals surface area contributed by atoms with Crippen LogP contribution in [0.3, 0.4) is 0 Å². The number of nitrogens with zero attached hydrogens (tertiary/aromatic N) is 2. The molecule has 0 radical (unpaired) electrons. The maximum atomic E-state index is 12.8. The molecule has 1 aromatic rings. The molecule has 1 aliphatic carbocycles. The van der Waals surface area contributed by atoms with E-state index in [0.29, 0.717) is 12.6 Å². The Balaban J connectivity index is 1.58. The standard InChI is InChI=1S/C20H26N2O3/c23-18-10-11-19(24)22(18)15-13-20(25)21(17-8-4-5-9-17)14-12-16-6-2-1-3-7-16/h1-3,6-7,17H,4-5,8-15H2. The summed E-state index contributed by atoms with van der Waals surface area (Å²) in [4.78, 5) is 39.5. The molecule has 2 fully saturated rings. The molecular weight excluding hydrogens is 316 g/mol. The van der Waals surface area contributed by atoms with Gasteiger partial charge in [0.05, 0.1) is 0 Å². The van der Waals surface area contributed by atoms with E-state index in [-0.39, 0.29) is 43.5 Å². The number of hydrogen-bond acceptors (Lipinski definition) is 3. The number of amides is 3. The molecule has 5 nitrogen and oxygen atoms in total. The predicted octanol–water partition coefficient (Wildman–Crippen LogP) is 2.54. The molecule has 0 atom stereocenters. The van der Waals surface area contributed by atoms with Gasteiger partial charge in [-0.2, -0.15) is 0 Å². The van der Waals surface area contributed by atoms with Crippen molar-refractivity contribution in [2.45, 2.75) is 57.4 Å². The lowest BCUT2D eigenvalue weighted by atomic mass is 10.1. The van der Waals surface area contributed by atoms with Crippen molar-refractivity contribution in [3.05, 3.63) is 35.9 Å². The summed E-state index contributed by atoms with van der Waals surface area (Å²) < 4.78 is 0. The highest BCUT2D eigenvalue weighted by Gasteiger charge is 2.31. The molecule has 0 aromatic heterocycles. The molecule has 134 valence electrons. The summed E-state index contributed by atoms with van der Waals surface area (Å²) in [6, 6.07) is 10.5. The number of imide groups is 1. The van der Waals surface area contributed by atoms with Crippen molar-refractivity contribution in [2.75, 3.05) is 13.1 Å². The Labute approximate surface area is 149 Å². The van der Waals surface area contributed by atoms with Crippen LogP contribution in [0.15, 0.2) is 30.3 Å². The largest absolute Gasteiger partial charge is 0.339 e. The Morgan fingerprint density at radius 1 is 1.04 bits per heavy atom. The van der Waals surface area contributed by atoms with Crippen LogP contribution in [0.25, 0.3) is 0 Å². The van der Waals surface area contributed by atoms with E-state index in [9.17, 15) is 14.4 Å². The lowest BCUT2D eigenvalue weighted by Gasteiger charge is -2.30. The Kier molecular flexibility index (Phi) is 5.84. The van der Waals surface area contributed by atoms with Crippen molar-refractivity contribution in [3.8, 4) is 0 Å². The van der Waals surface area contributed by atoms with E-state index in [1.54, 1.807) is 0 Å². The molecule has 1 heterocycles. The zero-order chi connectivity index (χ0) is 17.6. The maximum absolute atomic E-state index is 12.8. The minimum Gasteiger partial charge on any atom is -0.339 e. The molecule has 0 unspecified atom stereocenters. The van der Waals surface area contributed by atoms with E-state index in [4.69, 9.17) is 0 Å². The van der Waals surface area contributed by atoms with Crippen molar-refractivity contribution in [3.63, 3.8) is 0 Å². The van der Waals surface area contributed by atoms with Crippen molar-refractivity contribution in [1.82, 2.24) is 9.80 Å². The third-order valence-corrected chi connectivity index (χ3v) is 5.27. The zero-order valence-electron chi connectivity index (χ0n) is 14.7. The highest BCUT2D eigenvalue weighted by molar-refractivity contribution is 6.02. The van der Waals surface area contributed by atoms with E-state index in [1.807, 2.05) is 23.1 Å². The van der Waals surface area contributed by atoms with Gasteiger partial charge >= 0.3 is 0 Å². The SMILES string of the molecule is O=C1CCC(=O)N1CCC(=O)N(CCc1ccccc1)C1CCCC1. The predicted molar refractivity (Wildman–Crippen MR) is 94.7 cm³/mol. The van der Waals surface area contributed by atoms with Crippen molar-refractivity contribution >= 4 is 17.7 Å². The number of likely N-dealkylation sites (tertiary alicyclic amines) is 1. The van der Waals surface area contributed by atoms with Gasteiger partial charge in [-0.3, -0.25) is 19.3 Å². The highest BCUT2D eigenvalue weighted by atomic mass is 16.2. The Hall–Kier alpha value is -2.17. The Bertz CT molecular complexity index is 607. The molecule has 0 spiro atoms. The summed E-state index contributed by atoms with van der Waals surface area (Å²) >= 11 is 0. The van der Waals surface area contributed by atoms with E-state index >= 15 is 0 Å². The first-order chi connectivity index (χ1) is 12.1. The maximum Gasteiger partial charge on any atom is 0.229 e. The number of rotatable bonds is 7. The fourth-order valence-electron chi connectivity index (χ4n) is 3.84. The van der Waals surface area contributed by atoms with Gasteiger partial charge in [-0.15, -0.1) is 0 Å². The number of carbonyl (C=O) groups excluding carboxylic acids is 3. The Morgan fingerprint density at radius 2 is 1.68 bits per heavy atom. The van der Waals surface area contributed by atoms with Gasteiger partial charge in [-0.25, -0.2) is 0 Å². The molecule has 0 N–H and O–H groups in total. The molecule has 1 saturated carbocycles. The van der Waals surface area contributed by atoms with E-state index in [0.717, 1.165) is 19.3 Å². The quantitative estimate of drug-likeness (QED) is 0.716. The third-order valence-electron chi connectivity index (χ3n) is 5.27. The first-order valence-electron chi connectivity index (χ1n) is 9.32. The minimum atomic E-state index is -0.144. The van der Waals surface area contributed by atoms with Crippen molar-refractivity contribution in [1.29, 1.82) is 0 Å². The van der Waals surface area contributed by atoms with Crippen LogP contribution >= 0.6 is 0 Å². The fraction of sp³-hybridized carbons (Fsp3) is 0.550. The van der Waals surface area contributed by atoms with Crippen LogP contribution < -0.4 is 0 Å². The second-order valence-corrected chi connectivity index (χ2v) is 6.95. The summed E-state index contributed by atoms with van der Waals surface area (Å²) in [5, 5.41) is 0. The van der Waals surface area contributed by atoms with Crippen LogP contribution in [0.2, 0.25) is 0 Å². The number of hydrogen-bond donors (Lipinski definition) is 0. The normalized spacial score (nSPS) is 18.2. The second-order valence-electron chi connectivity index (χ2n) is 6.95. The summed E-state index contributed by atoms with van der Waals surface area (Å²) in [6.45, 7) is 0.931. The van der Waals surface area contributed by atoms with E-state index in [1.165, 1.54) is 23.3 Å². The van der Waals surface area contributed by atoms with Gasteiger partial charge in [0.15, 0.2) is 0 Å². The van der Waals surface area contributed by atoms with Crippen LogP contribution in [-0.4, -0.2) is 46.7 Å². The number of benzene rings is 1. The monoisotopic (exact) mass is 342 g/mol. The lowest BCUT2D eigenvalue weighted by molar-refractivity contribution is -0.139. The molecular formula is C20H26N2O3. The smallest absolute Gasteiger partial charge is 0.229 e. The van der Waals surface area contributed by atoms with Crippen LogP contribution in [0.5, 0.6) is 0 Å². The third kappa shape index (κ3) is 4.47. The summed E-state index contributed by atoms with van der Waals surface area (Å²) in [6.07, 6.45) is 6.10. The van der Waals surface area contributed by atoms with E-state index in [2.05, 4.69) is 12.1 Å². The van der Waals surface area contributed by atoms with Crippen LogP contribution in [-0.2, 0) is 20.8 Å². The molecule has 3 rings (SSSR count). The highest BCUT2D eigenvalue weighted by Crippen LogP contribution is 2.24. The van der Waals surface area contributed by atoms with Gasteiger partial charge in [0.1, 0.15) is 0 Å². The molecule has 25 heavy (non-hydrogen) atoms. The van der Waals surface area contributed by atoms with Crippen LogP contribution in [0.1, 0.15) is 50.5 Å². The molecule has 0 bridgehead atoms. The topological polar surface area (TPSA) is 57.7 Å². The summed E-state index contributed by atoms with van der Waals surface area (Å²) in [7, 11) is 0. The summed E-state index contributed by atoms with van der Waals surface area (Å²) in [5.41, 5.74) is 1.23. The van der Waals surface area contributed by atoms with Gasteiger partial charge < -0.3 is 4.90 Å². The molecule has 3 amide bonds. The minimum absolute atomic E-state index is 0.0651. The van der Waals surface area contributed by atoms with Gasteiger partial charge in [-0.1, -0.05) is 43.2 Å². The van der Waals surface area contributed by atoms with Crippen molar-refractivity contribution < 1.29 is 14.4 Å². The van der Waals surface area contributed by atoms with E-state index < -0.39 is 0 Å².